The van der Waals surface area contributed by atoms with E-state index in [1.165, 1.54) is 6.33 Å². The molecule has 19 heavy (non-hydrogen) atoms. The van der Waals surface area contributed by atoms with Crippen LogP contribution in [0.2, 0.25) is 0 Å². The molecule has 0 saturated carbocycles. The predicted molar refractivity (Wildman–Crippen MR) is 71.0 cm³/mol. The molecule has 1 heterocycles. The van der Waals surface area contributed by atoms with Gasteiger partial charge in [-0.05, 0) is 12.1 Å². The number of nitrogens with one attached hydrogen (secondary N) is 3. The molecule has 0 fully saturated rings. The van der Waals surface area contributed by atoms with Crippen LogP contribution in [0.1, 0.15) is 12.7 Å². The van der Waals surface area contributed by atoms with E-state index >= 15 is 0 Å². The van der Waals surface area contributed by atoms with Gasteiger partial charge in [-0.2, -0.15) is 5.10 Å². The van der Waals surface area contributed by atoms with Crippen LogP contribution in [0, 0.1) is 0 Å². The number of rotatable bonds is 6. The first-order valence-corrected chi connectivity index (χ1v) is 7.28. The molecule has 0 bridgehead atoms. The summed E-state index contributed by atoms with van der Waals surface area (Å²) in [6, 6.07) is 6.72. The Morgan fingerprint density at radius 3 is 2.79 bits per heavy atom. The van der Waals surface area contributed by atoms with Crippen LogP contribution in [0.4, 0.5) is 5.69 Å². The van der Waals surface area contributed by atoms with Gasteiger partial charge in [0.05, 0.1) is 12.2 Å². The van der Waals surface area contributed by atoms with Crippen molar-refractivity contribution in [3.05, 3.63) is 36.4 Å². The molecule has 2 rings (SSSR count). The largest absolute Gasteiger partial charge is 0.377 e. The molecule has 0 unspecified atom stereocenters. The molecule has 7 nitrogen and oxygen atoms in total. The average molecular weight is 281 g/mol. The lowest BCUT2D eigenvalue weighted by Crippen LogP contribution is -2.24. The van der Waals surface area contributed by atoms with Gasteiger partial charge in [-0.1, -0.05) is 19.1 Å². The number of hydrogen-bond donors (Lipinski definition) is 3. The first-order valence-electron chi connectivity index (χ1n) is 5.80. The summed E-state index contributed by atoms with van der Waals surface area (Å²) in [5.74, 6) is 0.635. The highest BCUT2D eigenvalue weighted by Crippen LogP contribution is 2.20. The highest BCUT2D eigenvalue weighted by molar-refractivity contribution is 7.89. The minimum atomic E-state index is -3.49. The summed E-state index contributed by atoms with van der Waals surface area (Å²) in [7, 11) is -3.49. The molecule has 0 aliphatic rings. The summed E-state index contributed by atoms with van der Waals surface area (Å²) in [5, 5.41) is 9.46. The van der Waals surface area contributed by atoms with Crippen LogP contribution < -0.4 is 10.0 Å². The molecule has 3 N–H and O–H groups in total. The van der Waals surface area contributed by atoms with Crippen molar-refractivity contribution in [3.63, 3.8) is 0 Å². The molecule has 1 aromatic carbocycles. The van der Waals surface area contributed by atoms with Gasteiger partial charge in [0, 0.05) is 6.54 Å². The number of nitrogens with zero attached hydrogens (tertiary/aromatic N) is 2. The Morgan fingerprint density at radius 2 is 2.11 bits per heavy atom. The maximum atomic E-state index is 12.0. The number of aromatic nitrogens is 3. The van der Waals surface area contributed by atoms with E-state index in [9.17, 15) is 8.42 Å². The Kier molecular flexibility index (Phi) is 4.13. The van der Waals surface area contributed by atoms with E-state index in [2.05, 4.69) is 25.2 Å². The summed E-state index contributed by atoms with van der Waals surface area (Å²) in [4.78, 5) is 4.18. The van der Waals surface area contributed by atoms with Crippen molar-refractivity contribution in [3.8, 4) is 0 Å². The van der Waals surface area contributed by atoms with Gasteiger partial charge < -0.3 is 5.32 Å². The molecule has 0 radical (unpaired) electrons. The monoisotopic (exact) mass is 281 g/mol. The van der Waals surface area contributed by atoms with Crippen molar-refractivity contribution in [1.82, 2.24) is 19.9 Å². The second-order valence-electron chi connectivity index (χ2n) is 3.78. The van der Waals surface area contributed by atoms with Gasteiger partial charge in [0.1, 0.15) is 17.0 Å². The van der Waals surface area contributed by atoms with Gasteiger partial charge in [0.15, 0.2) is 0 Å². The third kappa shape index (κ3) is 3.30. The molecular formula is C11H15N5O2S. The molecule has 0 amide bonds. The summed E-state index contributed by atoms with van der Waals surface area (Å²) < 4.78 is 26.5. The Morgan fingerprint density at radius 1 is 1.32 bits per heavy atom. The van der Waals surface area contributed by atoms with Crippen molar-refractivity contribution in [1.29, 1.82) is 0 Å². The van der Waals surface area contributed by atoms with Crippen LogP contribution in [0.5, 0.6) is 0 Å². The Bertz CT molecular complexity index is 624. The zero-order valence-electron chi connectivity index (χ0n) is 10.4. The maximum absolute atomic E-state index is 12.0. The summed E-state index contributed by atoms with van der Waals surface area (Å²) >= 11 is 0. The van der Waals surface area contributed by atoms with Crippen LogP contribution in [0.15, 0.2) is 35.5 Å². The highest BCUT2D eigenvalue weighted by Gasteiger charge is 2.16. The van der Waals surface area contributed by atoms with Crippen molar-refractivity contribution < 1.29 is 8.42 Å². The molecular weight excluding hydrogens is 266 g/mol. The Labute approximate surface area is 111 Å². The smallest absolute Gasteiger partial charge is 0.242 e. The van der Waals surface area contributed by atoms with E-state index in [1.807, 2.05) is 0 Å². The Balaban J connectivity index is 2.21. The normalized spacial score (nSPS) is 11.4. The summed E-state index contributed by atoms with van der Waals surface area (Å²) in [6.45, 7) is 2.46. The number of anilines is 1. The number of benzene rings is 1. The third-order valence-corrected chi connectivity index (χ3v) is 4.03. The van der Waals surface area contributed by atoms with Crippen LogP contribution >= 0.6 is 0 Å². The van der Waals surface area contributed by atoms with E-state index < -0.39 is 10.0 Å². The van der Waals surface area contributed by atoms with E-state index in [1.54, 1.807) is 31.2 Å². The van der Waals surface area contributed by atoms with Gasteiger partial charge in [-0.25, -0.2) is 18.1 Å². The van der Waals surface area contributed by atoms with Crippen molar-refractivity contribution in [2.75, 3.05) is 11.9 Å². The number of hydrogen-bond acceptors (Lipinski definition) is 5. The number of para-hydroxylation sites is 1. The topological polar surface area (TPSA) is 99.8 Å². The third-order valence-electron chi connectivity index (χ3n) is 2.42. The second kappa shape index (κ2) is 5.81. The van der Waals surface area contributed by atoms with E-state index in [0.717, 1.165) is 0 Å². The lowest BCUT2D eigenvalue weighted by Gasteiger charge is -2.11. The predicted octanol–water partition coefficient (Wildman–Crippen LogP) is 0.715. The average Bonchev–Trinajstić information content (AvgIpc) is 2.90. The minimum absolute atomic E-state index is 0.219. The van der Waals surface area contributed by atoms with Crippen LogP contribution in [-0.2, 0) is 16.6 Å². The maximum Gasteiger partial charge on any atom is 0.242 e. The molecule has 0 aliphatic carbocycles. The van der Waals surface area contributed by atoms with Gasteiger partial charge in [0.2, 0.25) is 10.0 Å². The van der Waals surface area contributed by atoms with Crippen molar-refractivity contribution in [2.24, 2.45) is 0 Å². The molecule has 1 aromatic heterocycles. The van der Waals surface area contributed by atoms with Crippen LogP contribution in [0.3, 0.4) is 0 Å². The first-order chi connectivity index (χ1) is 9.13. The number of H-pyrrole nitrogens is 1. The molecule has 102 valence electrons. The molecule has 0 saturated heterocycles. The number of sulfonamides is 1. The SMILES string of the molecule is CCNS(=O)(=O)c1ccccc1NCc1ncn[nH]1. The van der Waals surface area contributed by atoms with Crippen molar-refractivity contribution >= 4 is 15.7 Å². The fraction of sp³-hybridized carbons (Fsp3) is 0.273. The molecule has 0 aliphatic heterocycles. The lowest BCUT2D eigenvalue weighted by atomic mass is 10.3. The van der Waals surface area contributed by atoms with Crippen LogP contribution in [0.25, 0.3) is 0 Å². The molecule has 0 spiro atoms. The fourth-order valence-electron chi connectivity index (χ4n) is 1.61. The van der Waals surface area contributed by atoms with Gasteiger partial charge >= 0.3 is 0 Å². The van der Waals surface area contributed by atoms with E-state index in [-0.39, 0.29) is 4.90 Å². The highest BCUT2D eigenvalue weighted by atomic mass is 32.2. The second-order valence-corrected chi connectivity index (χ2v) is 5.52. The molecule has 2 aromatic rings. The van der Waals surface area contributed by atoms with E-state index in [4.69, 9.17) is 0 Å². The summed E-state index contributed by atoms with van der Waals surface area (Å²) in [6.07, 6.45) is 1.40. The first kappa shape index (κ1) is 13.5. The quantitative estimate of drug-likeness (QED) is 0.724. The summed E-state index contributed by atoms with van der Waals surface area (Å²) in [5.41, 5.74) is 0.528. The number of aromatic amines is 1. The zero-order valence-corrected chi connectivity index (χ0v) is 11.2. The van der Waals surface area contributed by atoms with Gasteiger partial charge in [0.25, 0.3) is 0 Å². The van der Waals surface area contributed by atoms with Gasteiger partial charge in [-0.15, -0.1) is 0 Å². The van der Waals surface area contributed by atoms with Gasteiger partial charge in [-0.3, -0.25) is 5.10 Å². The van der Waals surface area contributed by atoms with Crippen molar-refractivity contribution in [2.45, 2.75) is 18.4 Å². The minimum Gasteiger partial charge on any atom is -0.377 e. The van der Waals surface area contributed by atoms with E-state index in [0.29, 0.717) is 24.6 Å². The molecule has 8 heteroatoms. The Hall–Kier alpha value is -1.93. The zero-order chi connectivity index (χ0) is 13.7. The van der Waals surface area contributed by atoms with Crippen LogP contribution in [-0.4, -0.2) is 30.1 Å². The lowest BCUT2D eigenvalue weighted by molar-refractivity contribution is 0.584. The molecule has 0 atom stereocenters. The standard InChI is InChI=1S/C11H15N5O2S/c1-2-15-19(17,18)10-6-4-3-5-9(10)12-7-11-13-8-14-16-11/h3-6,8,12,15H,2,7H2,1H3,(H,13,14,16). The fourth-order valence-corrected chi connectivity index (χ4v) is 2.83.